The second-order valence-corrected chi connectivity index (χ2v) is 8.72. The van der Waals surface area contributed by atoms with Crippen molar-refractivity contribution in [3.05, 3.63) is 34.9 Å². The van der Waals surface area contributed by atoms with Crippen LogP contribution in [0.1, 0.15) is 37.7 Å². The Labute approximate surface area is 152 Å². The molecule has 2 aromatic rings. The van der Waals surface area contributed by atoms with Crippen molar-refractivity contribution in [2.45, 2.75) is 43.8 Å². The van der Waals surface area contributed by atoms with Crippen LogP contribution in [0, 0.1) is 0 Å². The van der Waals surface area contributed by atoms with Crippen molar-refractivity contribution in [3.63, 3.8) is 0 Å². The number of aromatic nitrogens is 3. The van der Waals surface area contributed by atoms with Gasteiger partial charge in [-0.1, -0.05) is 43.0 Å². The first-order valence-electron chi connectivity index (χ1n) is 8.42. The summed E-state index contributed by atoms with van der Waals surface area (Å²) in [6, 6.07) is 7.55. The fourth-order valence-corrected chi connectivity index (χ4v) is 4.88. The molecule has 0 atom stereocenters. The van der Waals surface area contributed by atoms with Crippen molar-refractivity contribution in [1.82, 2.24) is 14.2 Å². The number of halogens is 1. The van der Waals surface area contributed by atoms with E-state index in [4.69, 9.17) is 17.3 Å². The Balaban J connectivity index is 1.64. The fraction of sp³-hybridized carbons (Fsp3) is 0.500. The molecule has 1 heterocycles. The third kappa shape index (κ3) is 4.24. The van der Waals surface area contributed by atoms with E-state index in [1.165, 1.54) is 0 Å². The molecule has 0 spiro atoms. The molecule has 9 heteroatoms. The van der Waals surface area contributed by atoms with Gasteiger partial charge in [0.05, 0.1) is 5.25 Å². The first-order valence-corrected chi connectivity index (χ1v) is 10.3. The predicted molar refractivity (Wildman–Crippen MR) is 99.3 cm³/mol. The van der Waals surface area contributed by atoms with Gasteiger partial charge in [0.1, 0.15) is 0 Å². The Bertz CT molecular complexity index is 814. The average Bonchev–Trinajstić information content (AvgIpc) is 2.99. The molecule has 1 saturated carbocycles. The van der Waals surface area contributed by atoms with Gasteiger partial charge in [-0.2, -0.15) is 4.98 Å². The van der Waals surface area contributed by atoms with Gasteiger partial charge >= 0.3 is 0 Å². The molecule has 0 radical (unpaired) electrons. The maximum Gasteiger partial charge on any atom is 0.259 e. The molecule has 0 aliphatic heterocycles. The molecule has 0 amide bonds. The number of anilines is 2. The predicted octanol–water partition coefficient (Wildman–Crippen LogP) is 2.68. The lowest BCUT2D eigenvalue weighted by molar-refractivity contribution is 0.477. The van der Waals surface area contributed by atoms with E-state index in [0.717, 1.165) is 35.3 Å². The Hall–Kier alpha value is -1.80. The molecule has 1 aliphatic rings. The average molecular weight is 384 g/mol. The largest absolute Gasteiger partial charge is 0.367 e. The Kier molecular flexibility index (Phi) is 5.48. The normalized spacial score (nSPS) is 16.0. The van der Waals surface area contributed by atoms with Crippen LogP contribution in [0.3, 0.4) is 0 Å². The summed E-state index contributed by atoms with van der Waals surface area (Å²) < 4.78 is 26.3. The van der Waals surface area contributed by atoms with Gasteiger partial charge in [0.15, 0.2) is 0 Å². The number of benzene rings is 1. The standard InChI is InChI=1S/C16H22ClN5O2S/c17-13-8-6-12(7-9-13)10-11-19-16-20-15(18)22(21-16)25(23,24)14-4-2-1-3-5-14/h6-9,14H,1-5,10-11H2,(H3,18,19,20,21). The van der Waals surface area contributed by atoms with Crippen molar-refractivity contribution in [2.75, 3.05) is 17.6 Å². The van der Waals surface area contributed by atoms with E-state index in [2.05, 4.69) is 15.4 Å². The highest BCUT2D eigenvalue weighted by molar-refractivity contribution is 7.90. The lowest BCUT2D eigenvalue weighted by atomic mass is 10.0. The number of hydrogen-bond donors (Lipinski definition) is 2. The first-order chi connectivity index (χ1) is 12.0. The molecule has 1 aliphatic carbocycles. The molecule has 25 heavy (non-hydrogen) atoms. The van der Waals surface area contributed by atoms with Gasteiger partial charge in [-0.15, -0.1) is 9.19 Å². The summed E-state index contributed by atoms with van der Waals surface area (Å²) in [6.07, 6.45) is 4.97. The van der Waals surface area contributed by atoms with Gasteiger partial charge in [-0.25, -0.2) is 8.42 Å². The summed E-state index contributed by atoms with van der Waals surface area (Å²) in [5.41, 5.74) is 6.90. The zero-order valence-electron chi connectivity index (χ0n) is 13.9. The van der Waals surface area contributed by atoms with E-state index in [1.54, 1.807) is 0 Å². The molecule has 0 bridgehead atoms. The SMILES string of the molecule is Nc1nc(NCCc2ccc(Cl)cc2)nn1S(=O)(=O)C1CCCCC1. The zero-order chi connectivity index (χ0) is 17.9. The Morgan fingerprint density at radius 2 is 1.88 bits per heavy atom. The van der Waals surface area contributed by atoms with Crippen molar-refractivity contribution < 1.29 is 8.42 Å². The number of hydrogen-bond acceptors (Lipinski definition) is 6. The number of nitrogens with two attached hydrogens (primary N) is 1. The van der Waals surface area contributed by atoms with Crippen LogP contribution in [0.5, 0.6) is 0 Å². The fourth-order valence-electron chi connectivity index (χ4n) is 3.05. The molecule has 1 fully saturated rings. The minimum atomic E-state index is -3.59. The minimum absolute atomic E-state index is 0.0976. The molecular weight excluding hydrogens is 362 g/mol. The van der Waals surface area contributed by atoms with Crippen LogP contribution in [0.15, 0.2) is 24.3 Å². The first kappa shape index (κ1) is 18.0. The van der Waals surface area contributed by atoms with Crippen LogP contribution >= 0.6 is 11.6 Å². The lowest BCUT2D eigenvalue weighted by Gasteiger charge is -2.21. The molecule has 3 N–H and O–H groups in total. The van der Waals surface area contributed by atoms with Crippen LogP contribution in [0.2, 0.25) is 5.02 Å². The van der Waals surface area contributed by atoms with Gasteiger partial charge < -0.3 is 11.1 Å². The van der Waals surface area contributed by atoms with Crippen LogP contribution < -0.4 is 11.1 Å². The second kappa shape index (κ2) is 7.61. The minimum Gasteiger partial charge on any atom is -0.367 e. The van der Waals surface area contributed by atoms with Crippen LogP contribution in [-0.2, 0) is 16.4 Å². The molecule has 0 saturated heterocycles. The van der Waals surface area contributed by atoms with Crippen molar-refractivity contribution in [1.29, 1.82) is 0 Å². The third-order valence-electron chi connectivity index (χ3n) is 4.43. The van der Waals surface area contributed by atoms with Crippen molar-refractivity contribution in [2.24, 2.45) is 0 Å². The monoisotopic (exact) mass is 383 g/mol. The van der Waals surface area contributed by atoms with Crippen LogP contribution in [0.4, 0.5) is 11.9 Å². The second-order valence-electron chi connectivity index (χ2n) is 6.24. The molecule has 7 nitrogen and oxygen atoms in total. The zero-order valence-corrected chi connectivity index (χ0v) is 15.4. The third-order valence-corrected chi connectivity index (χ3v) is 6.74. The smallest absolute Gasteiger partial charge is 0.259 e. The van der Waals surface area contributed by atoms with E-state index in [1.807, 2.05) is 24.3 Å². The number of nitrogens with one attached hydrogen (secondary N) is 1. The van der Waals surface area contributed by atoms with Gasteiger partial charge in [0, 0.05) is 11.6 Å². The number of nitrogens with zero attached hydrogens (tertiary/aromatic N) is 3. The summed E-state index contributed by atoms with van der Waals surface area (Å²) in [5, 5.41) is 7.35. The summed E-state index contributed by atoms with van der Waals surface area (Å²) in [4.78, 5) is 4.04. The van der Waals surface area contributed by atoms with E-state index < -0.39 is 15.3 Å². The molecule has 0 unspecified atom stereocenters. The van der Waals surface area contributed by atoms with E-state index in [-0.39, 0.29) is 11.9 Å². The highest BCUT2D eigenvalue weighted by Crippen LogP contribution is 2.26. The van der Waals surface area contributed by atoms with Gasteiger partial charge in [0.2, 0.25) is 11.9 Å². The van der Waals surface area contributed by atoms with E-state index in [9.17, 15) is 8.42 Å². The van der Waals surface area contributed by atoms with Gasteiger partial charge in [0.25, 0.3) is 10.0 Å². The molecule has 136 valence electrons. The van der Waals surface area contributed by atoms with Crippen molar-refractivity contribution in [3.8, 4) is 0 Å². The summed E-state index contributed by atoms with van der Waals surface area (Å²) in [5.74, 6) is 0.130. The van der Waals surface area contributed by atoms with Crippen molar-refractivity contribution >= 4 is 33.5 Å². The number of rotatable bonds is 6. The van der Waals surface area contributed by atoms with Gasteiger partial charge in [-0.3, -0.25) is 0 Å². The number of nitrogen functional groups attached to an aromatic ring is 1. The Morgan fingerprint density at radius 1 is 1.20 bits per heavy atom. The maximum absolute atomic E-state index is 12.7. The molecule has 1 aromatic carbocycles. The maximum atomic E-state index is 12.7. The van der Waals surface area contributed by atoms with Gasteiger partial charge in [-0.05, 0) is 37.0 Å². The highest BCUT2D eigenvalue weighted by Gasteiger charge is 2.31. The van der Waals surface area contributed by atoms with E-state index >= 15 is 0 Å². The lowest BCUT2D eigenvalue weighted by Crippen LogP contribution is -2.31. The molecule has 3 rings (SSSR count). The summed E-state index contributed by atoms with van der Waals surface area (Å²) in [6.45, 7) is 0.564. The summed E-state index contributed by atoms with van der Waals surface area (Å²) in [7, 11) is -3.59. The van der Waals surface area contributed by atoms with Crippen LogP contribution in [-0.4, -0.2) is 34.4 Å². The molecule has 1 aromatic heterocycles. The molecular formula is C16H22ClN5O2S. The van der Waals surface area contributed by atoms with E-state index in [0.29, 0.717) is 24.4 Å². The Morgan fingerprint density at radius 3 is 2.56 bits per heavy atom. The quantitative estimate of drug-likeness (QED) is 0.794. The summed E-state index contributed by atoms with van der Waals surface area (Å²) >= 11 is 5.86. The van der Waals surface area contributed by atoms with Crippen LogP contribution in [0.25, 0.3) is 0 Å². The topological polar surface area (TPSA) is 103 Å². The highest BCUT2D eigenvalue weighted by atomic mass is 35.5.